The molecule has 0 aromatic heterocycles. The summed E-state index contributed by atoms with van der Waals surface area (Å²) >= 11 is 0. The quantitative estimate of drug-likeness (QED) is 0.144. The SMILES string of the molecule is CCCCCC1CCC(C2COC(c3ccc(-c4cc(F)c(C(F)(F)Oc5ccc(OCF)c(F)c5)c(F)c4)c(F)c3)OC2)CC1. The first-order valence-corrected chi connectivity index (χ1v) is 15.7. The Morgan fingerprint density at radius 3 is 2.09 bits per heavy atom. The van der Waals surface area contributed by atoms with Gasteiger partial charge in [0.25, 0.3) is 0 Å². The average Bonchev–Trinajstić information content (AvgIpc) is 3.02. The molecule has 0 radical (unpaired) electrons. The van der Waals surface area contributed by atoms with Crippen LogP contribution < -0.4 is 9.47 Å². The number of ether oxygens (including phenoxy) is 4. The standard InChI is InChI=1S/C35H37F7O4/c1-2-3-4-5-21-6-8-22(9-7-21)25-18-43-34(44-19-25)23-10-12-27(28(37)14-23)24-15-30(39)33(31(40)16-24)35(41,42)46-26-11-13-32(45-20-36)29(38)17-26/h10-17,21-22,25,34H,2-9,18-20H2,1H3. The predicted molar refractivity (Wildman–Crippen MR) is 157 cm³/mol. The van der Waals surface area contributed by atoms with Crippen LogP contribution in [0.2, 0.25) is 0 Å². The smallest absolute Gasteiger partial charge is 0.432 e. The van der Waals surface area contributed by atoms with Gasteiger partial charge in [0.1, 0.15) is 28.8 Å². The van der Waals surface area contributed by atoms with E-state index in [1.165, 1.54) is 50.7 Å². The molecule has 11 heteroatoms. The topological polar surface area (TPSA) is 36.9 Å². The molecular formula is C35H37F7O4. The Morgan fingerprint density at radius 1 is 0.783 bits per heavy atom. The zero-order valence-electron chi connectivity index (χ0n) is 25.5. The van der Waals surface area contributed by atoms with Crippen LogP contribution >= 0.6 is 0 Å². The van der Waals surface area contributed by atoms with Crippen molar-refractivity contribution < 1.29 is 49.7 Å². The van der Waals surface area contributed by atoms with Gasteiger partial charge in [-0.3, -0.25) is 0 Å². The van der Waals surface area contributed by atoms with Crippen LogP contribution in [0.4, 0.5) is 30.7 Å². The summed E-state index contributed by atoms with van der Waals surface area (Å²) in [6, 6.07) is 7.13. The molecule has 1 saturated carbocycles. The van der Waals surface area contributed by atoms with E-state index in [1.54, 1.807) is 0 Å². The molecule has 0 spiro atoms. The predicted octanol–water partition coefficient (Wildman–Crippen LogP) is 10.4. The van der Waals surface area contributed by atoms with Gasteiger partial charge in [-0.1, -0.05) is 57.6 Å². The molecule has 0 N–H and O–H groups in total. The van der Waals surface area contributed by atoms with Crippen molar-refractivity contribution >= 4 is 0 Å². The van der Waals surface area contributed by atoms with E-state index in [0.29, 0.717) is 42.9 Å². The molecule has 250 valence electrons. The van der Waals surface area contributed by atoms with Crippen LogP contribution in [0.5, 0.6) is 11.5 Å². The Balaban J connectivity index is 1.21. The maximum Gasteiger partial charge on any atom is 0.432 e. The lowest BCUT2D eigenvalue weighted by Gasteiger charge is -2.38. The molecule has 3 aromatic carbocycles. The van der Waals surface area contributed by atoms with Gasteiger partial charge in [0, 0.05) is 23.1 Å². The summed E-state index contributed by atoms with van der Waals surface area (Å²) in [6.45, 7) is 1.82. The fraction of sp³-hybridized carbons (Fsp3) is 0.486. The highest BCUT2D eigenvalue weighted by atomic mass is 19.3. The summed E-state index contributed by atoms with van der Waals surface area (Å²) in [4.78, 5) is 0. The lowest BCUT2D eigenvalue weighted by Crippen LogP contribution is -2.34. The van der Waals surface area contributed by atoms with Crippen LogP contribution in [0.25, 0.3) is 11.1 Å². The zero-order chi connectivity index (χ0) is 32.8. The normalized spacial score (nSPS) is 22.1. The second-order valence-corrected chi connectivity index (χ2v) is 12.1. The molecule has 4 nitrogen and oxygen atoms in total. The van der Waals surface area contributed by atoms with Crippen molar-refractivity contribution in [3.05, 3.63) is 82.9 Å². The van der Waals surface area contributed by atoms with Crippen molar-refractivity contribution in [1.29, 1.82) is 0 Å². The van der Waals surface area contributed by atoms with Gasteiger partial charge in [0.05, 0.1) is 13.2 Å². The summed E-state index contributed by atoms with van der Waals surface area (Å²) in [6.07, 6.45) is 4.45. The van der Waals surface area contributed by atoms with E-state index in [2.05, 4.69) is 16.4 Å². The lowest BCUT2D eigenvalue weighted by atomic mass is 9.74. The van der Waals surface area contributed by atoms with Crippen molar-refractivity contribution in [2.45, 2.75) is 70.7 Å². The van der Waals surface area contributed by atoms with Crippen molar-refractivity contribution in [2.75, 3.05) is 20.1 Å². The van der Waals surface area contributed by atoms with Gasteiger partial charge in [-0.25, -0.2) is 22.0 Å². The summed E-state index contributed by atoms with van der Waals surface area (Å²) < 4.78 is 122. The number of hydrogen-bond acceptors (Lipinski definition) is 4. The molecule has 2 fully saturated rings. The maximum absolute atomic E-state index is 15.2. The minimum atomic E-state index is -4.58. The number of halogens is 7. The third kappa shape index (κ3) is 7.97. The number of alkyl halides is 3. The minimum Gasteiger partial charge on any atom is -0.460 e. The van der Waals surface area contributed by atoms with E-state index in [-0.39, 0.29) is 17.0 Å². The minimum absolute atomic E-state index is 0.229. The van der Waals surface area contributed by atoms with Crippen LogP contribution in [-0.2, 0) is 15.6 Å². The Bertz CT molecular complexity index is 1440. The largest absolute Gasteiger partial charge is 0.460 e. The molecule has 0 unspecified atom stereocenters. The van der Waals surface area contributed by atoms with Crippen LogP contribution in [-0.4, -0.2) is 20.1 Å². The Morgan fingerprint density at radius 2 is 1.48 bits per heavy atom. The van der Waals surface area contributed by atoms with Crippen LogP contribution in [0.1, 0.15) is 75.7 Å². The van der Waals surface area contributed by atoms with Gasteiger partial charge in [-0.05, 0) is 60.6 Å². The second-order valence-electron chi connectivity index (χ2n) is 12.1. The highest BCUT2D eigenvalue weighted by molar-refractivity contribution is 5.65. The van der Waals surface area contributed by atoms with E-state index in [4.69, 9.17) is 9.47 Å². The molecule has 1 heterocycles. The van der Waals surface area contributed by atoms with Crippen molar-refractivity contribution in [1.82, 2.24) is 0 Å². The van der Waals surface area contributed by atoms with Crippen molar-refractivity contribution in [3.8, 4) is 22.6 Å². The summed E-state index contributed by atoms with van der Waals surface area (Å²) in [5.41, 5.74) is -1.92. The van der Waals surface area contributed by atoms with Crippen LogP contribution in [0.15, 0.2) is 48.5 Å². The molecular weight excluding hydrogens is 617 g/mol. The number of hydrogen-bond donors (Lipinski definition) is 0. The van der Waals surface area contributed by atoms with Crippen LogP contribution in [0.3, 0.4) is 0 Å². The first-order valence-electron chi connectivity index (χ1n) is 15.7. The van der Waals surface area contributed by atoms with E-state index >= 15 is 4.39 Å². The fourth-order valence-corrected chi connectivity index (χ4v) is 6.45. The Kier molecular flexibility index (Phi) is 11.1. The third-order valence-corrected chi connectivity index (χ3v) is 8.97. The number of rotatable bonds is 12. The summed E-state index contributed by atoms with van der Waals surface area (Å²) in [5, 5.41) is 0. The number of benzene rings is 3. The first-order chi connectivity index (χ1) is 22.1. The second kappa shape index (κ2) is 15.1. The molecule has 1 aliphatic carbocycles. The van der Waals surface area contributed by atoms with E-state index in [0.717, 1.165) is 37.0 Å². The monoisotopic (exact) mass is 654 g/mol. The van der Waals surface area contributed by atoms with Gasteiger partial charge in [-0.2, -0.15) is 8.78 Å². The molecule has 0 amide bonds. The molecule has 0 bridgehead atoms. The van der Waals surface area contributed by atoms with Crippen LogP contribution in [0, 0.1) is 41.0 Å². The maximum atomic E-state index is 15.2. The van der Waals surface area contributed by atoms with E-state index in [9.17, 15) is 26.3 Å². The van der Waals surface area contributed by atoms with Gasteiger partial charge in [0.2, 0.25) is 6.86 Å². The van der Waals surface area contributed by atoms with E-state index in [1.807, 2.05) is 0 Å². The molecule has 5 rings (SSSR count). The molecule has 2 aliphatic rings. The van der Waals surface area contributed by atoms with Crippen molar-refractivity contribution in [3.63, 3.8) is 0 Å². The molecule has 3 aromatic rings. The van der Waals surface area contributed by atoms with Gasteiger partial charge in [0.15, 0.2) is 17.9 Å². The van der Waals surface area contributed by atoms with Gasteiger partial charge < -0.3 is 18.9 Å². The summed E-state index contributed by atoms with van der Waals surface area (Å²) in [5.74, 6) is -5.26. The van der Waals surface area contributed by atoms with Gasteiger partial charge >= 0.3 is 6.11 Å². The number of unbranched alkanes of at least 4 members (excludes halogenated alkanes) is 2. The molecule has 46 heavy (non-hydrogen) atoms. The highest BCUT2D eigenvalue weighted by Crippen LogP contribution is 2.41. The lowest BCUT2D eigenvalue weighted by molar-refractivity contribution is -0.214. The van der Waals surface area contributed by atoms with Crippen molar-refractivity contribution in [2.24, 2.45) is 17.8 Å². The Hall–Kier alpha value is -3.31. The Labute approximate surface area is 263 Å². The summed E-state index contributed by atoms with van der Waals surface area (Å²) in [7, 11) is 0. The highest BCUT2D eigenvalue weighted by Gasteiger charge is 2.41. The molecule has 1 aliphatic heterocycles. The fourth-order valence-electron chi connectivity index (χ4n) is 6.45. The first kappa shape index (κ1) is 34.0. The molecule has 0 atom stereocenters. The molecule has 1 saturated heterocycles. The zero-order valence-corrected chi connectivity index (χ0v) is 25.5. The van der Waals surface area contributed by atoms with Gasteiger partial charge in [-0.15, -0.1) is 0 Å². The average molecular weight is 655 g/mol. The van der Waals surface area contributed by atoms with E-state index < -0.39 is 59.6 Å². The third-order valence-electron chi connectivity index (χ3n) is 8.97.